The van der Waals surface area contributed by atoms with Crippen LogP contribution in [0.3, 0.4) is 0 Å². The second kappa shape index (κ2) is 3.65. The first-order valence-corrected chi connectivity index (χ1v) is 4.19. The first-order valence-electron chi connectivity index (χ1n) is 3.82. The highest BCUT2D eigenvalue weighted by atomic mass is 35.5. The average molecular weight is 204 g/mol. The molecule has 0 aliphatic heterocycles. The van der Waals surface area contributed by atoms with Gasteiger partial charge in [-0.2, -0.15) is 0 Å². The first-order chi connectivity index (χ1) is 5.29. The number of hydrogen-bond acceptors (Lipinski definition) is 1. The second-order valence-corrected chi connectivity index (χ2v) is 3.36. The van der Waals surface area contributed by atoms with Crippen molar-refractivity contribution >= 4 is 24.0 Å². The molecular weight excluding hydrogens is 193 g/mol. The highest BCUT2D eigenvalue weighted by Crippen LogP contribution is 2.33. The highest BCUT2D eigenvalue weighted by molar-refractivity contribution is 6.31. The zero-order chi connectivity index (χ0) is 7.84. The predicted molar refractivity (Wildman–Crippen MR) is 53.9 cm³/mol. The number of nitrogens with two attached hydrogens (primary N) is 1. The summed E-state index contributed by atoms with van der Waals surface area (Å²) in [5.41, 5.74) is 8.34. The van der Waals surface area contributed by atoms with E-state index in [0.29, 0.717) is 0 Å². The van der Waals surface area contributed by atoms with E-state index >= 15 is 0 Å². The monoisotopic (exact) mass is 203 g/mol. The van der Waals surface area contributed by atoms with Crippen molar-refractivity contribution in [3.63, 3.8) is 0 Å². The molecule has 3 heteroatoms. The van der Waals surface area contributed by atoms with E-state index < -0.39 is 0 Å². The molecule has 0 saturated heterocycles. The fraction of sp³-hybridized carbons (Fsp3) is 0.333. The van der Waals surface area contributed by atoms with Crippen molar-refractivity contribution in [2.24, 2.45) is 5.73 Å². The first kappa shape index (κ1) is 9.85. The molecule has 1 aromatic rings. The molecule has 1 unspecified atom stereocenters. The summed E-state index contributed by atoms with van der Waals surface area (Å²) in [6.07, 6.45) is 2.08. The van der Waals surface area contributed by atoms with Gasteiger partial charge in [-0.1, -0.05) is 23.7 Å². The van der Waals surface area contributed by atoms with Crippen molar-refractivity contribution in [2.45, 2.75) is 18.9 Å². The molecule has 1 atom stereocenters. The minimum atomic E-state index is 0. The van der Waals surface area contributed by atoms with E-state index in [1.54, 1.807) is 0 Å². The Morgan fingerprint density at radius 2 is 2.17 bits per heavy atom. The summed E-state index contributed by atoms with van der Waals surface area (Å²) in [6, 6.07) is 6.17. The van der Waals surface area contributed by atoms with E-state index in [9.17, 15) is 0 Å². The summed E-state index contributed by atoms with van der Waals surface area (Å²) in [6.45, 7) is 0. The molecule has 0 saturated carbocycles. The average Bonchev–Trinajstić information content (AvgIpc) is 2.35. The topological polar surface area (TPSA) is 26.0 Å². The Hall–Kier alpha value is -0.240. The summed E-state index contributed by atoms with van der Waals surface area (Å²) < 4.78 is 0. The van der Waals surface area contributed by atoms with Crippen molar-refractivity contribution < 1.29 is 0 Å². The Kier molecular flexibility index (Phi) is 2.99. The van der Waals surface area contributed by atoms with E-state index in [4.69, 9.17) is 17.3 Å². The van der Waals surface area contributed by atoms with Crippen LogP contribution in [0.25, 0.3) is 0 Å². The predicted octanol–water partition coefficient (Wildman–Crippen LogP) is 2.71. The normalized spacial score (nSPS) is 20.0. The quantitative estimate of drug-likeness (QED) is 0.690. The molecule has 12 heavy (non-hydrogen) atoms. The summed E-state index contributed by atoms with van der Waals surface area (Å²) in [4.78, 5) is 0. The summed E-state index contributed by atoms with van der Waals surface area (Å²) in [5, 5.41) is 0.871. The minimum absolute atomic E-state index is 0. The summed E-state index contributed by atoms with van der Waals surface area (Å²) in [7, 11) is 0. The van der Waals surface area contributed by atoms with E-state index in [1.807, 2.05) is 12.1 Å². The van der Waals surface area contributed by atoms with Crippen LogP contribution in [0.5, 0.6) is 0 Å². The molecule has 0 bridgehead atoms. The SMILES string of the molecule is Cl.NC1CCc2c(Cl)cccc21. The zero-order valence-electron chi connectivity index (χ0n) is 6.59. The van der Waals surface area contributed by atoms with E-state index in [-0.39, 0.29) is 18.4 Å². The Balaban J connectivity index is 0.000000720. The van der Waals surface area contributed by atoms with Gasteiger partial charge < -0.3 is 5.73 Å². The Labute approximate surface area is 83.3 Å². The molecule has 1 aromatic carbocycles. The van der Waals surface area contributed by atoms with Gasteiger partial charge in [0.25, 0.3) is 0 Å². The number of halogens is 2. The molecule has 1 aliphatic carbocycles. The minimum Gasteiger partial charge on any atom is -0.324 e. The maximum atomic E-state index is 5.98. The lowest BCUT2D eigenvalue weighted by Crippen LogP contribution is -2.04. The van der Waals surface area contributed by atoms with Crippen LogP contribution in [0, 0.1) is 0 Å². The van der Waals surface area contributed by atoms with Gasteiger partial charge in [0.2, 0.25) is 0 Å². The molecule has 0 heterocycles. The zero-order valence-corrected chi connectivity index (χ0v) is 8.16. The van der Waals surface area contributed by atoms with Gasteiger partial charge in [0.1, 0.15) is 0 Å². The van der Waals surface area contributed by atoms with Crippen molar-refractivity contribution in [3.8, 4) is 0 Å². The highest BCUT2D eigenvalue weighted by Gasteiger charge is 2.20. The second-order valence-electron chi connectivity index (χ2n) is 2.95. The van der Waals surface area contributed by atoms with Crippen molar-refractivity contribution in [1.29, 1.82) is 0 Å². The third kappa shape index (κ3) is 1.45. The van der Waals surface area contributed by atoms with E-state index in [0.717, 1.165) is 17.9 Å². The lowest BCUT2D eigenvalue weighted by molar-refractivity contribution is 0.713. The molecule has 0 amide bonds. The van der Waals surface area contributed by atoms with Gasteiger partial charge in [-0.3, -0.25) is 0 Å². The Morgan fingerprint density at radius 3 is 2.83 bits per heavy atom. The van der Waals surface area contributed by atoms with E-state index in [2.05, 4.69) is 6.07 Å². The Morgan fingerprint density at radius 1 is 1.42 bits per heavy atom. The maximum Gasteiger partial charge on any atom is 0.0441 e. The molecule has 0 spiro atoms. The third-order valence-electron chi connectivity index (χ3n) is 2.26. The molecule has 66 valence electrons. The molecule has 0 fully saturated rings. The fourth-order valence-electron chi connectivity index (χ4n) is 1.64. The van der Waals surface area contributed by atoms with Gasteiger partial charge in [-0.15, -0.1) is 12.4 Å². The van der Waals surface area contributed by atoms with Gasteiger partial charge >= 0.3 is 0 Å². The molecule has 0 radical (unpaired) electrons. The van der Waals surface area contributed by atoms with Crippen LogP contribution in [0.2, 0.25) is 5.02 Å². The Bertz CT molecular complexity index is 286. The van der Waals surface area contributed by atoms with Crippen LogP contribution in [0.1, 0.15) is 23.6 Å². The smallest absolute Gasteiger partial charge is 0.0441 e. The molecular formula is C9H11Cl2N. The van der Waals surface area contributed by atoms with Gasteiger partial charge in [-0.05, 0) is 30.0 Å². The van der Waals surface area contributed by atoms with Gasteiger partial charge in [0, 0.05) is 11.1 Å². The lowest BCUT2D eigenvalue weighted by atomic mass is 10.1. The van der Waals surface area contributed by atoms with Crippen LogP contribution in [0.15, 0.2) is 18.2 Å². The standard InChI is InChI=1S/C9H10ClN.ClH/c10-8-3-1-2-7-6(8)4-5-9(7)11;/h1-3,9H,4-5,11H2;1H. The van der Waals surface area contributed by atoms with Crippen LogP contribution < -0.4 is 5.73 Å². The van der Waals surface area contributed by atoms with Crippen LogP contribution in [0.4, 0.5) is 0 Å². The van der Waals surface area contributed by atoms with Crippen LogP contribution in [-0.4, -0.2) is 0 Å². The van der Waals surface area contributed by atoms with Crippen LogP contribution in [-0.2, 0) is 6.42 Å². The number of rotatable bonds is 0. The third-order valence-corrected chi connectivity index (χ3v) is 2.61. The van der Waals surface area contributed by atoms with Crippen molar-refractivity contribution in [3.05, 3.63) is 34.3 Å². The van der Waals surface area contributed by atoms with Gasteiger partial charge in [0.15, 0.2) is 0 Å². The summed E-state index contributed by atoms with van der Waals surface area (Å²) in [5.74, 6) is 0. The maximum absolute atomic E-state index is 5.98. The van der Waals surface area contributed by atoms with Crippen molar-refractivity contribution in [1.82, 2.24) is 0 Å². The molecule has 0 aromatic heterocycles. The van der Waals surface area contributed by atoms with E-state index in [1.165, 1.54) is 11.1 Å². The molecule has 1 nitrogen and oxygen atoms in total. The summed E-state index contributed by atoms with van der Waals surface area (Å²) >= 11 is 5.98. The largest absolute Gasteiger partial charge is 0.324 e. The lowest BCUT2D eigenvalue weighted by Gasteiger charge is -2.03. The number of hydrogen-bond donors (Lipinski definition) is 1. The molecule has 2 rings (SSSR count). The molecule has 1 aliphatic rings. The van der Waals surface area contributed by atoms with Gasteiger partial charge in [0.05, 0.1) is 0 Å². The van der Waals surface area contributed by atoms with Crippen molar-refractivity contribution in [2.75, 3.05) is 0 Å². The van der Waals surface area contributed by atoms with Crippen LogP contribution >= 0.6 is 24.0 Å². The number of fused-ring (bicyclic) bond motifs is 1. The fourth-order valence-corrected chi connectivity index (χ4v) is 1.92. The molecule has 2 N–H and O–H groups in total. The number of benzene rings is 1. The van der Waals surface area contributed by atoms with Gasteiger partial charge in [-0.25, -0.2) is 0 Å².